The molecule has 0 fully saturated rings. The van der Waals surface area contributed by atoms with Gasteiger partial charge in [0, 0.05) is 26.3 Å². The van der Waals surface area contributed by atoms with E-state index >= 15 is 0 Å². The Morgan fingerprint density at radius 1 is 0.776 bits per heavy atom. The highest BCUT2D eigenvalue weighted by Gasteiger charge is 2.23. The molecule has 7 nitrogen and oxygen atoms in total. The van der Waals surface area contributed by atoms with Crippen molar-refractivity contribution in [3.05, 3.63) is 160 Å². The Morgan fingerprint density at radius 2 is 1.43 bits per heavy atom. The highest BCUT2D eigenvalue weighted by Crippen LogP contribution is 2.37. The number of amides is 3. The maximum Gasteiger partial charge on any atom is 0.272 e. The Bertz CT molecular complexity index is 1880. The fourth-order valence-electron chi connectivity index (χ4n) is 4.73. The van der Waals surface area contributed by atoms with E-state index in [1.807, 2.05) is 97.1 Å². The summed E-state index contributed by atoms with van der Waals surface area (Å²) in [6, 6.07) is 40.4. The third-order valence-electron chi connectivity index (χ3n) is 7.28. The van der Waals surface area contributed by atoms with Crippen LogP contribution in [0.15, 0.2) is 149 Å². The molecule has 0 aliphatic carbocycles. The summed E-state index contributed by atoms with van der Waals surface area (Å²) >= 11 is 4.86. The summed E-state index contributed by atoms with van der Waals surface area (Å²) in [4.78, 5) is 40.9. The molecule has 248 valence electrons. The van der Waals surface area contributed by atoms with Gasteiger partial charge in [0.15, 0.2) is 0 Å². The second-order valence-corrected chi connectivity index (χ2v) is 13.1. The van der Waals surface area contributed by atoms with Gasteiger partial charge in [0.1, 0.15) is 16.7 Å². The molecule has 0 aliphatic heterocycles. The minimum Gasteiger partial charge on any atom is -0.494 e. The van der Waals surface area contributed by atoms with Gasteiger partial charge in [-0.05, 0) is 96.4 Å². The molecule has 1 atom stereocenters. The van der Waals surface area contributed by atoms with E-state index in [1.165, 1.54) is 11.8 Å². The predicted octanol–water partition coefficient (Wildman–Crippen LogP) is 9.51. The van der Waals surface area contributed by atoms with Gasteiger partial charge in [0.05, 0.1) is 6.61 Å². The van der Waals surface area contributed by atoms with E-state index in [0.717, 1.165) is 39.1 Å². The topological polar surface area (TPSA) is 96.5 Å². The van der Waals surface area contributed by atoms with Crippen LogP contribution in [-0.2, 0) is 9.59 Å². The molecular formula is C40H36BrN3O4S. The van der Waals surface area contributed by atoms with Gasteiger partial charge in [-0.25, -0.2) is 0 Å². The lowest BCUT2D eigenvalue weighted by molar-refractivity contribution is -0.116. The molecular weight excluding hydrogens is 698 g/mol. The van der Waals surface area contributed by atoms with Crippen LogP contribution in [0.25, 0.3) is 6.08 Å². The second kappa shape index (κ2) is 17.9. The molecule has 5 aromatic rings. The summed E-state index contributed by atoms with van der Waals surface area (Å²) in [6.07, 6.45) is 3.67. The van der Waals surface area contributed by atoms with Crippen LogP contribution < -0.4 is 20.7 Å². The van der Waals surface area contributed by atoms with Crippen LogP contribution in [0.2, 0.25) is 0 Å². The Morgan fingerprint density at radius 3 is 2.10 bits per heavy atom. The molecule has 3 amide bonds. The monoisotopic (exact) mass is 733 g/mol. The van der Waals surface area contributed by atoms with E-state index < -0.39 is 17.1 Å². The molecule has 0 saturated carbocycles. The minimum absolute atomic E-state index is 0.0896. The molecule has 0 saturated heterocycles. The van der Waals surface area contributed by atoms with Gasteiger partial charge in [-0.2, -0.15) is 0 Å². The van der Waals surface area contributed by atoms with E-state index in [9.17, 15) is 14.4 Å². The summed E-state index contributed by atoms with van der Waals surface area (Å²) in [6.45, 7) is 2.78. The SMILES string of the molecule is CCCCOc1ccc(NC(=O)C(Sc2ccc(NC(=O)/C(=C/c3cccc(Br)c3)NC(=O)c3ccccc3)cc2)c2ccccc2)cc1. The van der Waals surface area contributed by atoms with Gasteiger partial charge >= 0.3 is 0 Å². The smallest absolute Gasteiger partial charge is 0.272 e. The molecule has 5 rings (SSSR count). The largest absolute Gasteiger partial charge is 0.494 e. The van der Waals surface area contributed by atoms with E-state index in [-0.39, 0.29) is 11.6 Å². The van der Waals surface area contributed by atoms with E-state index in [1.54, 1.807) is 42.5 Å². The lowest BCUT2D eigenvalue weighted by atomic mass is 10.1. The molecule has 49 heavy (non-hydrogen) atoms. The lowest BCUT2D eigenvalue weighted by Gasteiger charge is -2.18. The predicted molar refractivity (Wildman–Crippen MR) is 202 cm³/mol. The van der Waals surface area contributed by atoms with E-state index in [4.69, 9.17) is 4.74 Å². The summed E-state index contributed by atoms with van der Waals surface area (Å²) < 4.78 is 6.59. The Labute approximate surface area is 299 Å². The molecule has 1 unspecified atom stereocenters. The number of halogens is 1. The Kier molecular flexibility index (Phi) is 12.8. The average Bonchev–Trinajstić information content (AvgIpc) is 3.12. The first-order valence-electron chi connectivity index (χ1n) is 15.9. The van der Waals surface area contributed by atoms with Crippen LogP contribution in [0, 0.1) is 0 Å². The third-order valence-corrected chi connectivity index (χ3v) is 9.04. The normalized spacial score (nSPS) is 11.7. The molecule has 0 spiro atoms. The Hall–Kier alpha value is -5.12. The van der Waals surface area contributed by atoms with Crippen molar-refractivity contribution in [1.29, 1.82) is 0 Å². The number of carbonyl (C=O) groups excluding carboxylic acids is 3. The number of nitrogens with one attached hydrogen (secondary N) is 3. The highest BCUT2D eigenvalue weighted by molar-refractivity contribution is 9.10. The zero-order chi connectivity index (χ0) is 34.4. The number of thioether (sulfide) groups is 1. The number of hydrogen-bond donors (Lipinski definition) is 3. The number of hydrogen-bond acceptors (Lipinski definition) is 5. The number of anilines is 2. The van der Waals surface area contributed by atoms with Crippen molar-refractivity contribution in [2.45, 2.75) is 29.9 Å². The van der Waals surface area contributed by atoms with Crippen molar-refractivity contribution in [2.75, 3.05) is 17.2 Å². The van der Waals surface area contributed by atoms with Crippen LogP contribution in [0.3, 0.4) is 0 Å². The van der Waals surface area contributed by atoms with Crippen molar-refractivity contribution in [3.63, 3.8) is 0 Å². The molecule has 0 radical (unpaired) electrons. The van der Waals surface area contributed by atoms with Gasteiger partial charge in [-0.15, -0.1) is 11.8 Å². The summed E-state index contributed by atoms with van der Waals surface area (Å²) in [5.74, 6) is -0.273. The Balaban J connectivity index is 1.29. The van der Waals surface area contributed by atoms with Crippen LogP contribution in [0.1, 0.15) is 46.5 Å². The molecule has 0 aromatic heterocycles. The van der Waals surface area contributed by atoms with Crippen LogP contribution >= 0.6 is 27.7 Å². The van der Waals surface area contributed by atoms with Gasteiger partial charge < -0.3 is 20.7 Å². The lowest BCUT2D eigenvalue weighted by Crippen LogP contribution is -2.30. The standard InChI is InChI=1S/C40H36BrN3O4S/c1-2-3-25-48-34-21-17-32(18-22-34)43-40(47)37(29-12-6-4-7-13-29)49-35-23-19-33(20-24-35)42-39(46)36(27-28-11-10-16-31(41)26-28)44-38(45)30-14-8-5-9-15-30/h4-24,26-27,37H,2-3,25H2,1H3,(H,42,46)(H,43,47)(H,44,45)/b36-27-. The quantitative estimate of drug-likeness (QED) is 0.0600. The number of ether oxygens (including phenoxy) is 1. The summed E-state index contributed by atoms with van der Waals surface area (Å²) in [5, 5.41) is 8.16. The van der Waals surface area contributed by atoms with Gasteiger partial charge in [0.2, 0.25) is 5.91 Å². The molecule has 3 N–H and O–H groups in total. The first kappa shape index (κ1) is 35.2. The van der Waals surface area contributed by atoms with Crippen LogP contribution in [0.5, 0.6) is 5.75 Å². The number of unbranched alkanes of at least 4 members (excludes halogenated alkanes) is 1. The molecule has 9 heteroatoms. The number of carbonyl (C=O) groups is 3. The van der Waals surface area contributed by atoms with Gasteiger partial charge in [0.25, 0.3) is 11.8 Å². The van der Waals surface area contributed by atoms with Crippen molar-refractivity contribution in [2.24, 2.45) is 0 Å². The third kappa shape index (κ3) is 10.7. The zero-order valence-corrected chi connectivity index (χ0v) is 29.3. The molecule has 5 aromatic carbocycles. The summed E-state index contributed by atoms with van der Waals surface area (Å²) in [7, 11) is 0. The van der Waals surface area contributed by atoms with Crippen molar-refractivity contribution in [3.8, 4) is 5.75 Å². The first-order valence-corrected chi connectivity index (χ1v) is 17.6. The maximum atomic E-state index is 13.6. The summed E-state index contributed by atoms with van der Waals surface area (Å²) in [5.41, 5.74) is 3.33. The number of benzene rings is 5. The number of rotatable bonds is 14. The van der Waals surface area contributed by atoms with Crippen molar-refractivity contribution < 1.29 is 19.1 Å². The van der Waals surface area contributed by atoms with E-state index in [2.05, 4.69) is 38.8 Å². The average molecular weight is 735 g/mol. The van der Waals surface area contributed by atoms with Crippen molar-refractivity contribution in [1.82, 2.24) is 5.32 Å². The van der Waals surface area contributed by atoms with Gasteiger partial charge in [-0.3, -0.25) is 14.4 Å². The fraction of sp³-hybridized carbons (Fsp3) is 0.125. The van der Waals surface area contributed by atoms with Crippen molar-refractivity contribution >= 4 is 62.9 Å². The fourth-order valence-corrected chi connectivity index (χ4v) is 6.18. The first-order chi connectivity index (χ1) is 23.9. The second-order valence-electron chi connectivity index (χ2n) is 11.0. The van der Waals surface area contributed by atoms with Gasteiger partial charge in [-0.1, -0.05) is 89.9 Å². The molecule has 0 bridgehead atoms. The zero-order valence-electron chi connectivity index (χ0n) is 26.9. The minimum atomic E-state index is -0.532. The van der Waals surface area contributed by atoms with Crippen LogP contribution in [-0.4, -0.2) is 24.3 Å². The maximum absolute atomic E-state index is 13.6. The van der Waals surface area contributed by atoms with E-state index in [0.29, 0.717) is 23.5 Å². The van der Waals surface area contributed by atoms with Crippen LogP contribution in [0.4, 0.5) is 11.4 Å². The molecule has 0 aliphatic rings. The highest BCUT2D eigenvalue weighted by atomic mass is 79.9. The molecule has 0 heterocycles.